The van der Waals surface area contributed by atoms with Gasteiger partial charge in [0.25, 0.3) is 0 Å². The standard InChI is InChI=1S/C12H16N2O2/c13-9-2-1-3-12(16)14(8-9)10-4-6-11(15)7-5-10/h4-7,9,15H,1-3,8,13H2. The summed E-state index contributed by atoms with van der Waals surface area (Å²) in [5.41, 5.74) is 6.72. The number of benzene rings is 1. The van der Waals surface area contributed by atoms with Gasteiger partial charge in [-0.1, -0.05) is 0 Å². The Labute approximate surface area is 94.7 Å². The minimum atomic E-state index is 0.0419. The van der Waals surface area contributed by atoms with Crippen LogP contribution < -0.4 is 10.6 Å². The highest BCUT2D eigenvalue weighted by Gasteiger charge is 2.22. The summed E-state index contributed by atoms with van der Waals surface area (Å²) in [5.74, 6) is 0.314. The molecule has 0 radical (unpaired) electrons. The Kier molecular flexibility index (Phi) is 3.10. The molecule has 0 spiro atoms. The van der Waals surface area contributed by atoms with Crippen molar-refractivity contribution in [1.82, 2.24) is 0 Å². The molecule has 0 bridgehead atoms. The number of nitrogens with two attached hydrogens (primary N) is 1. The van der Waals surface area contributed by atoms with Gasteiger partial charge in [0.05, 0.1) is 0 Å². The number of hydrogen-bond donors (Lipinski definition) is 2. The quantitative estimate of drug-likeness (QED) is 0.748. The Morgan fingerprint density at radius 2 is 2.00 bits per heavy atom. The van der Waals surface area contributed by atoms with Crippen molar-refractivity contribution in [3.05, 3.63) is 24.3 Å². The third-order valence-electron chi connectivity index (χ3n) is 2.85. The fourth-order valence-corrected chi connectivity index (χ4v) is 1.96. The average molecular weight is 220 g/mol. The van der Waals surface area contributed by atoms with Gasteiger partial charge < -0.3 is 15.7 Å². The molecule has 1 fully saturated rings. The number of anilines is 1. The van der Waals surface area contributed by atoms with Gasteiger partial charge in [0.2, 0.25) is 5.91 Å². The molecule has 0 aromatic heterocycles. The lowest BCUT2D eigenvalue weighted by Gasteiger charge is -2.22. The van der Waals surface area contributed by atoms with E-state index in [9.17, 15) is 9.90 Å². The van der Waals surface area contributed by atoms with Crippen LogP contribution in [-0.4, -0.2) is 23.6 Å². The summed E-state index contributed by atoms with van der Waals surface area (Å²) in [6.07, 6.45) is 2.30. The predicted molar refractivity (Wildman–Crippen MR) is 62.3 cm³/mol. The van der Waals surface area contributed by atoms with Crippen LogP contribution in [0.4, 0.5) is 5.69 Å². The third kappa shape index (κ3) is 2.33. The van der Waals surface area contributed by atoms with Crippen LogP contribution in [0.25, 0.3) is 0 Å². The first-order valence-corrected chi connectivity index (χ1v) is 5.52. The van der Waals surface area contributed by atoms with Crippen LogP contribution >= 0.6 is 0 Å². The molecule has 2 rings (SSSR count). The van der Waals surface area contributed by atoms with Crippen LogP contribution in [0, 0.1) is 0 Å². The number of rotatable bonds is 1. The summed E-state index contributed by atoms with van der Waals surface area (Å²) in [6, 6.07) is 6.69. The smallest absolute Gasteiger partial charge is 0.227 e. The molecule has 0 saturated carbocycles. The average Bonchev–Trinajstić information content (AvgIpc) is 2.42. The summed E-state index contributed by atoms with van der Waals surface area (Å²) in [7, 11) is 0. The van der Waals surface area contributed by atoms with E-state index in [1.807, 2.05) is 0 Å². The monoisotopic (exact) mass is 220 g/mol. The summed E-state index contributed by atoms with van der Waals surface area (Å²) < 4.78 is 0. The van der Waals surface area contributed by atoms with E-state index in [-0.39, 0.29) is 17.7 Å². The Balaban J connectivity index is 2.23. The molecule has 1 atom stereocenters. The second kappa shape index (κ2) is 4.53. The van der Waals surface area contributed by atoms with E-state index in [1.165, 1.54) is 0 Å². The van der Waals surface area contributed by atoms with Gasteiger partial charge in [0.15, 0.2) is 0 Å². The summed E-state index contributed by atoms with van der Waals surface area (Å²) in [4.78, 5) is 13.6. The zero-order valence-electron chi connectivity index (χ0n) is 9.10. The molecule has 1 aliphatic rings. The molecule has 1 aromatic carbocycles. The normalized spacial score (nSPS) is 21.9. The SMILES string of the molecule is NC1CCCC(=O)N(c2ccc(O)cc2)C1. The van der Waals surface area contributed by atoms with Gasteiger partial charge in [0, 0.05) is 24.7 Å². The number of carbonyl (C=O) groups is 1. The lowest BCUT2D eigenvalue weighted by atomic mass is 10.1. The molecule has 1 unspecified atom stereocenters. The van der Waals surface area contributed by atoms with Gasteiger partial charge in [-0.3, -0.25) is 4.79 Å². The van der Waals surface area contributed by atoms with Crippen LogP contribution in [0.3, 0.4) is 0 Å². The molecule has 1 heterocycles. The molecule has 1 saturated heterocycles. The molecule has 1 amide bonds. The van der Waals surface area contributed by atoms with Crippen molar-refractivity contribution in [3.63, 3.8) is 0 Å². The number of nitrogens with zero attached hydrogens (tertiary/aromatic N) is 1. The number of phenols is 1. The number of phenolic OH excluding ortho intramolecular Hbond substituents is 1. The number of amides is 1. The first-order chi connectivity index (χ1) is 7.66. The molecule has 1 aliphatic heterocycles. The largest absolute Gasteiger partial charge is 0.508 e. The van der Waals surface area contributed by atoms with Gasteiger partial charge in [-0.25, -0.2) is 0 Å². The van der Waals surface area contributed by atoms with Crippen LogP contribution in [0.5, 0.6) is 5.75 Å². The Bertz CT molecular complexity index is 375. The van der Waals surface area contributed by atoms with Gasteiger partial charge in [-0.05, 0) is 37.1 Å². The number of hydrogen-bond acceptors (Lipinski definition) is 3. The topological polar surface area (TPSA) is 66.6 Å². The zero-order chi connectivity index (χ0) is 11.5. The highest BCUT2D eigenvalue weighted by atomic mass is 16.3. The fourth-order valence-electron chi connectivity index (χ4n) is 1.96. The van der Waals surface area contributed by atoms with Crippen molar-refractivity contribution in [1.29, 1.82) is 0 Å². The highest BCUT2D eigenvalue weighted by Crippen LogP contribution is 2.22. The Hall–Kier alpha value is -1.55. The van der Waals surface area contributed by atoms with Crippen molar-refractivity contribution in [2.24, 2.45) is 5.73 Å². The van der Waals surface area contributed by atoms with Crippen LogP contribution in [0.1, 0.15) is 19.3 Å². The van der Waals surface area contributed by atoms with Gasteiger partial charge in [-0.15, -0.1) is 0 Å². The molecule has 0 aliphatic carbocycles. The fraction of sp³-hybridized carbons (Fsp3) is 0.417. The summed E-state index contributed by atoms with van der Waals surface area (Å²) >= 11 is 0. The predicted octanol–water partition coefficient (Wildman–Crippen LogP) is 1.24. The number of carbonyl (C=O) groups excluding carboxylic acids is 1. The first kappa shape index (κ1) is 11.0. The van der Waals surface area contributed by atoms with Crippen LogP contribution in [-0.2, 0) is 4.79 Å². The molecule has 4 nitrogen and oxygen atoms in total. The third-order valence-corrected chi connectivity index (χ3v) is 2.85. The van der Waals surface area contributed by atoms with Gasteiger partial charge in [0.1, 0.15) is 5.75 Å². The van der Waals surface area contributed by atoms with Crippen molar-refractivity contribution in [3.8, 4) is 5.75 Å². The van der Waals surface area contributed by atoms with Gasteiger partial charge in [-0.2, -0.15) is 0 Å². The van der Waals surface area contributed by atoms with Crippen LogP contribution in [0.15, 0.2) is 24.3 Å². The van der Waals surface area contributed by atoms with Crippen molar-refractivity contribution < 1.29 is 9.90 Å². The molecule has 16 heavy (non-hydrogen) atoms. The van der Waals surface area contributed by atoms with E-state index in [4.69, 9.17) is 5.73 Å². The van der Waals surface area contributed by atoms with Gasteiger partial charge >= 0.3 is 0 Å². The molecular weight excluding hydrogens is 204 g/mol. The van der Waals surface area contributed by atoms with E-state index < -0.39 is 0 Å². The molecule has 1 aromatic rings. The van der Waals surface area contributed by atoms with Crippen molar-refractivity contribution in [2.75, 3.05) is 11.4 Å². The maximum absolute atomic E-state index is 11.9. The number of aromatic hydroxyl groups is 1. The van der Waals surface area contributed by atoms with Crippen molar-refractivity contribution >= 4 is 11.6 Å². The van der Waals surface area contributed by atoms with Crippen LogP contribution in [0.2, 0.25) is 0 Å². The molecular formula is C12H16N2O2. The highest BCUT2D eigenvalue weighted by molar-refractivity contribution is 5.93. The van der Waals surface area contributed by atoms with E-state index in [0.717, 1.165) is 18.5 Å². The minimum Gasteiger partial charge on any atom is -0.508 e. The van der Waals surface area contributed by atoms with E-state index in [2.05, 4.69) is 0 Å². The first-order valence-electron chi connectivity index (χ1n) is 5.52. The van der Waals surface area contributed by atoms with E-state index in [1.54, 1.807) is 29.2 Å². The summed E-state index contributed by atoms with van der Waals surface area (Å²) in [5, 5.41) is 9.20. The molecule has 4 heteroatoms. The maximum Gasteiger partial charge on any atom is 0.227 e. The minimum absolute atomic E-state index is 0.0419. The second-order valence-corrected chi connectivity index (χ2v) is 4.17. The zero-order valence-corrected chi connectivity index (χ0v) is 9.10. The molecule has 3 N–H and O–H groups in total. The summed E-state index contributed by atoms with van der Waals surface area (Å²) in [6.45, 7) is 0.559. The molecule has 86 valence electrons. The maximum atomic E-state index is 11.9. The van der Waals surface area contributed by atoms with E-state index in [0.29, 0.717) is 13.0 Å². The second-order valence-electron chi connectivity index (χ2n) is 4.17. The van der Waals surface area contributed by atoms with Crippen molar-refractivity contribution in [2.45, 2.75) is 25.3 Å². The Morgan fingerprint density at radius 1 is 1.31 bits per heavy atom. The lowest BCUT2D eigenvalue weighted by Crippen LogP contribution is -2.38. The Morgan fingerprint density at radius 3 is 2.69 bits per heavy atom. The lowest BCUT2D eigenvalue weighted by molar-refractivity contribution is -0.118. The van der Waals surface area contributed by atoms with E-state index >= 15 is 0 Å².